The summed E-state index contributed by atoms with van der Waals surface area (Å²) in [7, 11) is 2.14. The highest BCUT2D eigenvalue weighted by Gasteiger charge is 2.13. The zero-order valence-corrected chi connectivity index (χ0v) is 14.0. The van der Waals surface area contributed by atoms with E-state index in [-0.39, 0.29) is 0 Å². The molecular weight excluding hydrogens is 246 g/mol. The predicted molar refractivity (Wildman–Crippen MR) is 88.1 cm³/mol. The van der Waals surface area contributed by atoms with E-state index in [1.165, 1.54) is 12.0 Å². The predicted octanol–water partition coefficient (Wildman–Crippen LogP) is 3.70. The van der Waals surface area contributed by atoms with Gasteiger partial charge in [-0.05, 0) is 49.4 Å². The third kappa shape index (κ3) is 5.91. The average molecular weight is 277 g/mol. The Morgan fingerprint density at radius 1 is 1.15 bits per heavy atom. The van der Waals surface area contributed by atoms with E-state index in [0.29, 0.717) is 17.9 Å². The van der Waals surface area contributed by atoms with Crippen LogP contribution in [0.1, 0.15) is 46.6 Å². The molecule has 0 bridgehead atoms. The lowest BCUT2D eigenvalue weighted by Crippen LogP contribution is -2.31. The Kier molecular flexibility index (Phi) is 7.00. The number of rotatable bonds is 8. The van der Waals surface area contributed by atoms with E-state index < -0.39 is 0 Å². The van der Waals surface area contributed by atoms with Crippen molar-refractivity contribution in [2.45, 2.75) is 53.6 Å². The molecule has 20 heavy (non-hydrogen) atoms. The summed E-state index contributed by atoms with van der Waals surface area (Å²) in [6.45, 7) is 13.2. The van der Waals surface area contributed by atoms with Crippen LogP contribution in [0.5, 0.6) is 0 Å². The monoisotopic (exact) mass is 277 g/mol. The van der Waals surface area contributed by atoms with Gasteiger partial charge in [-0.2, -0.15) is 0 Å². The molecule has 1 heterocycles. The van der Waals surface area contributed by atoms with E-state index in [1.54, 1.807) is 0 Å². The molecule has 0 saturated heterocycles. The molecule has 1 unspecified atom stereocenters. The lowest BCUT2D eigenvalue weighted by molar-refractivity contribution is 0.502. The quantitative estimate of drug-likeness (QED) is 0.785. The van der Waals surface area contributed by atoms with Gasteiger partial charge in [0.05, 0.1) is 0 Å². The maximum atomic E-state index is 4.51. The fourth-order valence-corrected chi connectivity index (χ4v) is 2.33. The van der Waals surface area contributed by atoms with Crippen LogP contribution in [0, 0.1) is 11.8 Å². The highest BCUT2D eigenvalue weighted by atomic mass is 15.2. The Bertz CT molecular complexity index is 388. The second-order valence-electron chi connectivity index (χ2n) is 6.64. The number of aromatic nitrogens is 1. The van der Waals surface area contributed by atoms with Crippen LogP contribution in [0.2, 0.25) is 0 Å². The fourth-order valence-electron chi connectivity index (χ4n) is 2.33. The number of hydrogen-bond donors (Lipinski definition) is 1. The lowest BCUT2D eigenvalue weighted by atomic mass is 10.0. The van der Waals surface area contributed by atoms with E-state index in [4.69, 9.17) is 0 Å². The SMILES string of the molecule is CC(C)CNCc1ccnc(N(C)C(C)CC(C)C)c1. The van der Waals surface area contributed by atoms with Crippen molar-refractivity contribution in [2.75, 3.05) is 18.5 Å². The van der Waals surface area contributed by atoms with Gasteiger partial charge in [-0.3, -0.25) is 0 Å². The molecule has 0 aliphatic heterocycles. The van der Waals surface area contributed by atoms with Crippen LogP contribution in [0.15, 0.2) is 18.3 Å². The molecule has 0 radical (unpaired) electrons. The van der Waals surface area contributed by atoms with Crippen LogP contribution >= 0.6 is 0 Å². The molecule has 0 fully saturated rings. The summed E-state index contributed by atoms with van der Waals surface area (Å²) in [5.41, 5.74) is 1.30. The number of hydrogen-bond acceptors (Lipinski definition) is 3. The lowest BCUT2D eigenvalue weighted by Gasteiger charge is -2.27. The molecule has 0 spiro atoms. The van der Waals surface area contributed by atoms with E-state index in [0.717, 1.165) is 18.9 Å². The van der Waals surface area contributed by atoms with Gasteiger partial charge in [0.2, 0.25) is 0 Å². The largest absolute Gasteiger partial charge is 0.357 e. The van der Waals surface area contributed by atoms with E-state index in [1.807, 2.05) is 6.20 Å². The standard InChI is InChI=1S/C17H31N3/c1-13(2)9-15(5)20(6)17-10-16(7-8-19-17)12-18-11-14(3)4/h7-8,10,13-15,18H,9,11-12H2,1-6H3. The zero-order chi connectivity index (χ0) is 15.1. The summed E-state index contributed by atoms with van der Waals surface area (Å²) in [4.78, 5) is 6.79. The first-order valence-electron chi connectivity index (χ1n) is 7.78. The zero-order valence-electron chi connectivity index (χ0n) is 14.0. The number of anilines is 1. The molecular formula is C17H31N3. The molecule has 0 saturated carbocycles. The molecule has 114 valence electrons. The van der Waals surface area contributed by atoms with E-state index in [9.17, 15) is 0 Å². The first-order chi connectivity index (χ1) is 9.40. The molecule has 3 nitrogen and oxygen atoms in total. The van der Waals surface area contributed by atoms with Gasteiger partial charge in [0.15, 0.2) is 0 Å². The van der Waals surface area contributed by atoms with Crippen molar-refractivity contribution in [3.63, 3.8) is 0 Å². The van der Waals surface area contributed by atoms with Gasteiger partial charge < -0.3 is 10.2 Å². The Labute approximate surface area is 124 Å². The molecule has 3 heteroatoms. The van der Waals surface area contributed by atoms with Crippen LogP contribution in [-0.4, -0.2) is 24.6 Å². The second kappa shape index (κ2) is 8.25. The van der Waals surface area contributed by atoms with Gasteiger partial charge >= 0.3 is 0 Å². The minimum absolute atomic E-state index is 0.515. The van der Waals surface area contributed by atoms with Gasteiger partial charge in [-0.1, -0.05) is 27.7 Å². The van der Waals surface area contributed by atoms with Gasteiger partial charge in [-0.15, -0.1) is 0 Å². The summed E-state index contributed by atoms with van der Waals surface area (Å²) in [6.07, 6.45) is 3.11. The smallest absolute Gasteiger partial charge is 0.128 e. The Hall–Kier alpha value is -1.09. The van der Waals surface area contributed by atoms with Crippen LogP contribution in [0.3, 0.4) is 0 Å². The normalized spacial score (nSPS) is 13.0. The van der Waals surface area contributed by atoms with Crippen molar-refractivity contribution in [2.24, 2.45) is 11.8 Å². The molecule has 1 N–H and O–H groups in total. The van der Waals surface area contributed by atoms with Crippen molar-refractivity contribution in [1.29, 1.82) is 0 Å². The maximum absolute atomic E-state index is 4.51. The average Bonchev–Trinajstić information content (AvgIpc) is 2.37. The maximum Gasteiger partial charge on any atom is 0.128 e. The van der Waals surface area contributed by atoms with Crippen molar-refractivity contribution in [3.05, 3.63) is 23.9 Å². The summed E-state index contributed by atoms with van der Waals surface area (Å²) in [6, 6.07) is 4.81. The molecule has 1 rings (SSSR count). The second-order valence-corrected chi connectivity index (χ2v) is 6.64. The number of pyridine rings is 1. The minimum Gasteiger partial charge on any atom is -0.357 e. The first-order valence-corrected chi connectivity index (χ1v) is 7.78. The molecule has 0 amide bonds. The van der Waals surface area contributed by atoms with E-state index in [2.05, 4.69) is 69.0 Å². The van der Waals surface area contributed by atoms with Crippen LogP contribution in [-0.2, 0) is 6.54 Å². The molecule has 1 atom stereocenters. The molecule has 1 aromatic heterocycles. The number of nitrogens with zero attached hydrogens (tertiary/aromatic N) is 2. The Morgan fingerprint density at radius 2 is 1.85 bits per heavy atom. The van der Waals surface area contributed by atoms with Gasteiger partial charge in [0.1, 0.15) is 5.82 Å². The Balaban J connectivity index is 2.62. The van der Waals surface area contributed by atoms with Crippen LogP contribution < -0.4 is 10.2 Å². The number of nitrogens with one attached hydrogen (secondary N) is 1. The summed E-state index contributed by atoms with van der Waals surface area (Å²) >= 11 is 0. The van der Waals surface area contributed by atoms with Crippen molar-refractivity contribution in [3.8, 4) is 0 Å². The van der Waals surface area contributed by atoms with Gasteiger partial charge in [-0.25, -0.2) is 4.98 Å². The van der Waals surface area contributed by atoms with Crippen molar-refractivity contribution >= 4 is 5.82 Å². The van der Waals surface area contributed by atoms with Crippen molar-refractivity contribution < 1.29 is 0 Å². The third-order valence-corrected chi connectivity index (χ3v) is 3.53. The molecule has 0 aromatic carbocycles. The highest BCUT2D eigenvalue weighted by Crippen LogP contribution is 2.17. The van der Waals surface area contributed by atoms with Crippen LogP contribution in [0.4, 0.5) is 5.82 Å². The highest BCUT2D eigenvalue weighted by molar-refractivity contribution is 5.41. The minimum atomic E-state index is 0.515. The topological polar surface area (TPSA) is 28.2 Å². The molecule has 0 aliphatic rings. The third-order valence-electron chi connectivity index (χ3n) is 3.53. The fraction of sp³-hybridized carbons (Fsp3) is 0.706. The van der Waals surface area contributed by atoms with Gasteiger partial charge in [0.25, 0.3) is 0 Å². The summed E-state index contributed by atoms with van der Waals surface area (Å²) in [5, 5.41) is 3.48. The first kappa shape index (κ1) is 17.0. The van der Waals surface area contributed by atoms with Gasteiger partial charge in [0, 0.05) is 25.8 Å². The summed E-state index contributed by atoms with van der Waals surface area (Å²) < 4.78 is 0. The van der Waals surface area contributed by atoms with Crippen LogP contribution in [0.25, 0.3) is 0 Å². The molecule has 1 aromatic rings. The summed E-state index contributed by atoms with van der Waals surface area (Å²) in [5.74, 6) is 2.47. The molecule has 0 aliphatic carbocycles. The van der Waals surface area contributed by atoms with E-state index >= 15 is 0 Å². The Morgan fingerprint density at radius 3 is 2.45 bits per heavy atom. The van der Waals surface area contributed by atoms with Crippen molar-refractivity contribution in [1.82, 2.24) is 10.3 Å².